The summed E-state index contributed by atoms with van der Waals surface area (Å²) in [5.41, 5.74) is 6.66. The van der Waals surface area contributed by atoms with E-state index in [1.165, 1.54) is 0 Å². The van der Waals surface area contributed by atoms with E-state index in [0.29, 0.717) is 11.6 Å². The molecule has 1 heterocycles. The van der Waals surface area contributed by atoms with Crippen molar-refractivity contribution in [2.45, 2.75) is 0 Å². The highest BCUT2D eigenvalue weighted by atomic mass is 16.5. The van der Waals surface area contributed by atoms with Gasteiger partial charge >= 0.3 is 0 Å². The van der Waals surface area contributed by atoms with Crippen LogP contribution in [0.2, 0.25) is 0 Å². The topological polar surface area (TPSA) is 88.1 Å². The number of nitrogens with zero attached hydrogens (tertiary/aromatic N) is 3. The van der Waals surface area contributed by atoms with Crippen LogP contribution in [0.5, 0.6) is 5.75 Å². The second-order valence-corrected chi connectivity index (χ2v) is 3.89. The molecule has 0 unspecified atom stereocenters. The van der Waals surface area contributed by atoms with Crippen molar-refractivity contribution in [1.29, 1.82) is 5.41 Å². The average Bonchev–Trinajstić information content (AvgIpc) is 2.46. The van der Waals surface area contributed by atoms with Crippen LogP contribution in [0.25, 0.3) is 0 Å². The van der Waals surface area contributed by atoms with Crippen molar-refractivity contribution in [3.8, 4) is 5.75 Å². The zero-order valence-corrected chi connectivity index (χ0v) is 10.8. The van der Waals surface area contributed by atoms with Crippen LogP contribution < -0.4 is 15.4 Å². The molecule has 0 fully saturated rings. The van der Waals surface area contributed by atoms with E-state index < -0.39 is 0 Å². The molecule has 0 bridgehead atoms. The smallest absolute Gasteiger partial charge is 0.230 e. The normalized spacial score (nSPS) is 10.0. The third-order valence-electron chi connectivity index (χ3n) is 2.67. The van der Waals surface area contributed by atoms with Gasteiger partial charge in [0.25, 0.3) is 0 Å². The highest BCUT2D eigenvalue weighted by Crippen LogP contribution is 2.30. The highest BCUT2D eigenvalue weighted by molar-refractivity contribution is 5.93. The van der Waals surface area contributed by atoms with E-state index in [1.807, 2.05) is 31.3 Å². The van der Waals surface area contributed by atoms with Crippen molar-refractivity contribution in [2.75, 3.05) is 19.1 Å². The fourth-order valence-electron chi connectivity index (χ4n) is 1.67. The van der Waals surface area contributed by atoms with Crippen LogP contribution in [0.4, 0.5) is 11.6 Å². The Morgan fingerprint density at radius 3 is 2.74 bits per heavy atom. The summed E-state index contributed by atoms with van der Waals surface area (Å²) in [4.78, 5) is 10.2. The van der Waals surface area contributed by atoms with Crippen molar-refractivity contribution in [3.63, 3.8) is 0 Å². The molecule has 0 radical (unpaired) electrons. The maximum Gasteiger partial charge on any atom is 0.230 e. The summed E-state index contributed by atoms with van der Waals surface area (Å²) in [7, 11) is 3.44. The Bertz CT molecular complexity index is 599. The molecule has 0 aliphatic rings. The Kier molecular flexibility index (Phi) is 3.61. The Morgan fingerprint density at radius 1 is 1.32 bits per heavy atom. The fourth-order valence-corrected chi connectivity index (χ4v) is 1.67. The minimum Gasteiger partial charge on any atom is -0.495 e. The van der Waals surface area contributed by atoms with E-state index in [4.69, 9.17) is 15.9 Å². The third kappa shape index (κ3) is 2.62. The van der Waals surface area contributed by atoms with Crippen molar-refractivity contribution < 1.29 is 4.74 Å². The molecule has 0 saturated carbocycles. The molecule has 1 aromatic heterocycles. The molecule has 0 aliphatic carbocycles. The van der Waals surface area contributed by atoms with Gasteiger partial charge in [0.2, 0.25) is 5.95 Å². The number of rotatable bonds is 4. The first-order valence-corrected chi connectivity index (χ1v) is 5.67. The van der Waals surface area contributed by atoms with E-state index in [1.54, 1.807) is 24.3 Å². The van der Waals surface area contributed by atoms with Crippen LogP contribution in [0.1, 0.15) is 5.69 Å². The summed E-state index contributed by atoms with van der Waals surface area (Å²) < 4.78 is 5.30. The molecule has 0 aliphatic heterocycles. The molecular weight excluding hydrogens is 242 g/mol. The number of anilines is 2. The number of benzene rings is 1. The largest absolute Gasteiger partial charge is 0.495 e. The van der Waals surface area contributed by atoms with Crippen LogP contribution in [0.3, 0.4) is 0 Å². The summed E-state index contributed by atoms with van der Waals surface area (Å²) in [5, 5.41) is 7.40. The van der Waals surface area contributed by atoms with Gasteiger partial charge in [0.1, 0.15) is 17.3 Å². The molecule has 19 heavy (non-hydrogen) atoms. The molecule has 2 rings (SSSR count). The standard InChI is InChI=1S/C13H15N5O/c1-18(10-5-3-4-6-11(10)19-2)13-16-8-7-9(17-13)12(14)15/h3-8H,1-2H3,(H3,14,15). The molecule has 1 aromatic carbocycles. The third-order valence-corrected chi connectivity index (χ3v) is 2.67. The average molecular weight is 257 g/mol. The first-order chi connectivity index (χ1) is 9.13. The number of methoxy groups -OCH3 is 1. The lowest BCUT2D eigenvalue weighted by Gasteiger charge is -2.19. The quantitative estimate of drug-likeness (QED) is 0.640. The Labute approximate surface area is 111 Å². The van der Waals surface area contributed by atoms with Gasteiger partial charge in [0.15, 0.2) is 0 Å². The number of para-hydroxylation sites is 2. The minimum absolute atomic E-state index is 0.0860. The lowest BCUT2D eigenvalue weighted by atomic mass is 10.3. The molecule has 6 heteroatoms. The number of nitrogen functional groups attached to an aromatic ring is 1. The highest BCUT2D eigenvalue weighted by Gasteiger charge is 2.12. The van der Waals surface area contributed by atoms with Crippen LogP contribution in [-0.4, -0.2) is 30.0 Å². The number of aromatic nitrogens is 2. The first-order valence-electron chi connectivity index (χ1n) is 5.67. The van der Waals surface area contributed by atoms with Gasteiger partial charge in [0, 0.05) is 13.2 Å². The van der Waals surface area contributed by atoms with Gasteiger partial charge in [0.05, 0.1) is 12.8 Å². The van der Waals surface area contributed by atoms with E-state index in [9.17, 15) is 0 Å². The SMILES string of the molecule is COc1ccccc1N(C)c1nccc(C(=N)N)n1. The van der Waals surface area contributed by atoms with Crippen molar-refractivity contribution >= 4 is 17.5 Å². The second kappa shape index (κ2) is 5.34. The zero-order chi connectivity index (χ0) is 13.8. The van der Waals surface area contributed by atoms with Crippen LogP contribution in [0.15, 0.2) is 36.5 Å². The molecule has 0 saturated heterocycles. The van der Waals surface area contributed by atoms with Crippen LogP contribution in [0, 0.1) is 5.41 Å². The van der Waals surface area contributed by atoms with Gasteiger partial charge in [-0.15, -0.1) is 0 Å². The van der Waals surface area contributed by atoms with Gasteiger partial charge in [-0.1, -0.05) is 12.1 Å². The van der Waals surface area contributed by atoms with E-state index in [-0.39, 0.29) is 5.84 Å². The molecular formula is C13H15N5O. The number of nitrogens with one attached hydrogen (secondary N) is 1. The number of hydrogen-bond donors (Lipinski definition) is 2. The van der Waals surface area contributed by atoms with Gasteiger partial charge in [-0.25, -0.2) is 9.97 Å². The molecule has 6 nitrogen and oxygen atoms in total. The molecule has 0 amide bonds. The molecule has 98 valence electrons. The summed E-state index contributed by atoms with van der Waals surface area (Å²) in [5.74, 6) is 1.09. The zero-order valence-electron chi connectivity index (χ0n) is 10.8. The van der Waals surface area contributed by atoms with Gasteiger partial charge in [-0.3, -0.25) is 5.41 Å². The Morgan fingerprint density at radius 2 is 2.05 bits per heavy atom. The molecule has 0 atom stereocenters. The predicted molar refractivity (Wildman–Crippen MR) is 74.1 cm³/mol. The number of nitrogens with two attached hydrogens (primary N) is 1. The van der Waals surface area contributed by atoms with Crippen molar-refractivity contribution in [2.24, 2.45) is 5.73 Å². The monoisotopic (exact) mass is 257 g/mol. The van der Waals surface area contributed by atoms with Gasteiger partial charge in [-0.2, -0.15) is 0 Å². The molecule has 2 aromatic rings. The van der Waals surface area contributed by atoms with E-state index in [2.05, 4.69) is 9.97 Å². The van der Waals surface area contributed by atoms with E-state index in [0.717, 1.165) is 11.4 Å². The number of ether oxygens (including phenoxy) is 1. The maximum absolute atomic E-state index is 7.40. The van der Waals surface area contributed by atoms with Gasteiger partial charge in [-0.05, 0) is 18.2 Å². The Hall–Kier alpha value is -2.63. The van der Waals surface area contributed by atoms with E-state index >= 15 is 0 Å². The minimum atomic E-state index is -0.0860. The summed E-state index contributed by atoms with van der Waals surface area (Å²) in [6.07, 6.45) is 1.57. The first kappa shape index (κ1) is 12.8. The van der Waals surface area contributed by atoms with Crippen LogP contribution >= 0.6 is 0 Å². The molecule has 0 spiro atoms. The second-order valence-electron chi connectivity index (χ2n) is 3.89. The number of amidine groups is 1. The van der Waals surface area contributed by atoms with Gasteiger partial charge < -0.3 is 15.4 Å². The Balaban J connectivity index is 2.41. The summed E-state index contributed by atoms with van der Waals surface area (Å²) >= 11 is 0. The van der Waals surface area contributed by atoms with Crippen molar-refractivity contribution in [1.82, 2.24) is 9.97 Å². The lowest BCUT2D eigenvalue weighted by molar-refractivity contribution is 0.415. The maximum atomic E-state index is 7.40. The van der Waals surface area contributed by atoms with Crippen LogP contribution in [-0.2, 0) is 0 Å². The fraction of sp³-hybridized carbons (Fsp3) is 0.154. The van der Waals surface area contributed by atoms with Crippen molar-refractivity contribution in [3.05, 3.63) is 42.2 Å². The lowest BCUT2D eigenvalue weighted by Crippen LogP contribution is -2.18. The summed E-state index contributed by atoms with van der Waals surface area (Å²) in [6.45, 7) is 0. The predicted octanol–water partition coefficient (Wildman–Crippen LogP) is 1.54. The summed E-state index contributed by atoms with van der Waals surface area (Å²) in [6, 6.07) is 9.16. The number of hydrogen-bond acceptors (Lipinski definition) is 5. The molecule has 3 N–H and O–H groups in total.